The number of benzene rings is 1. The van der Waals surface area contributed by atoms with Gasteiger partial charge in [0.2, 0.25) is 5.82 Å². The van der Waals surface area contributed by atoms with Crippen molar-refractivity contribution in [3.05, 3.63) is 44.8 Å². The number of nitrogens with zero attached hydrogens (tertiary/aromatic N) is 2. The minimum Gasteiger partial charge on any atom is -0.506 e. The lowest BCUT2D eigenvalue weighted by Crippen LogP contribution is -2.29. The Labute approximate surface area is 129 Å². The van der Waals surface area contributed by atoms with Gasteiger partial charge in [0.05, 0.1) is 17.8 Å². The van der Waals surface area contributed by atoms with E-state index >= 15 is 0 Å². The van der Waals surface area contributed by atoms with Gasteiger partial charge in [-0.15, -0.1) is 0 Å². The van der Waals surface area contributed by atoms with Gasteiger partial charge in [-0.2, -0.15) is 22.5 Å². The van der Waals surface area contributed by atoms with Crippen molar-refractivity contribution in [1.82, 2.24) is 9.55 Å². The molecular formula is C12H6ClF5N2O3. The van der Waals surface area contributed by atoms with E-state index < -0.39 is 51.5 Å². The summed E-state index contributed by atoms with van der Waals surface area (Å²) in [5, 5.41) is 9.03. The molecule has 0 unspecified atom stereocenters. The second kappa shape index (κ2) is 5.69. The molecule has 0 aliphatic rings. The van der Waals surface area contributed by atoms with E-state index in [9.17, 15) is 31.9 Å². The molecule has 2 aromatic rings. The van der Waals surface area contributed by atoms with Crippen molar-refractivity contribution < 1.29 is 31.8 Å². The first kappa shape index (κ1) is 17.0. The number of methoxy groups -OCH3 is 1. The minimum absolute atomic E-state index is 0.107. The van der Waals surface area contributed by atoms with E-state index in [0.29, 0.717) is 12.1 Å². The zero-order valence-electron chi connectivity index (χ0n) is 11.1. The highest BCUT2D eigenvalue weighted by molar-refractivity contribution is 6.32. The van der Waals surface area contributed by atoms with Gasteiger partial charge in [0.25, 0.3) is 5.56 Å². The van der Waals surface area contributed by atoms with Crippen LogP contribution < -0.4 is 10.3 Å². The Morgan fingerprint density at radius 1 is 1.30 bits per heavy atom. The number of halogens is 6. The number of ether oxygens (including phenoxy) is 1. The molecule has 0 atom stereocenters. The van der Waals surface area contributed by atoms with Crippen molar-refractivity contribution in [2.75, 3.05) is 7.11 Å². The van der Waals surface area contributed by atoms with Crippen LogP contribution in [0.1, 0.15) is 5.69 Å². The molecule has 0 aliphatic heterocycles. The monoisotopic (exact) mass is 356 g/mol. The molecule has 1 aromatic carbocycles. The quantitative estimate of drug-likeness (QED) is 0.840. The fraction of sp³-hybridized carbons (Fsp3) is 0.167. The predicted molar refractivity (Wildman–Crippen MR) is 68.0 cm³/mol. The average Bonchev–Trinajstić information content (AvgIpc) is 2.44. The first-order valence-electron chi connectivity index (χ1n) is 5.70. The maximum atomic E-state index is 13.9. The lowest BCUT2D eigenvalue weighted by atomic mass is 10.2. The van der Waals surface area contributed by atoms with Gasteiger partial charge in [-0.05, 0) is 6.07 Å². The van der Waals surface area contributed by atoms with Crippen molar-refractivity contribution in [2.24, 2.45) is 0 Å². The highest BCUT2D eigenvalue weighted by Gasteiger charge is 2.39. The predicted octanol–water partition coefficient (Wildman–Crippen LogP) is 2.90. The summed E-state index contributed by atoms with van der Waals surface area (Å²) in [7, 11) is 0.851. The van der Waals surface area contributed by atoms with E-state index in [1.54, 1.807) is 0 Å². The highest BCUT2D eigenvalue weighted by atomic mass is 35.5. The zero-order valence-corrected chi connectivity index (χ0v) is 11.8. The van der Waals surface area contributed by atoms with E-state index in [-0.39, 0.29) is 4.57 Å². The van der Waals surface area contributed by atoms with Gasteiger partial charge >= 0.3 is 12.2 Å². The number of hydrogen-bond acceptors (Lipinski definition) is 4. The van der Waals surface area contributed by atoms with Crippen molar-refractivity contribution in [3.63, 3.8) is 0 Å². The summed E-state index contributed by atoms with van der Waals surface area (Å²) in [6.07, 6.45) is -5.25. The van der Waals surface area contributed by atoms with Crippen molar-refractivity contribution in [2.45, 2.75) is 6.18 Å². The van der Waals surface area contributed by atoms with Gasteiger partial charge < -0.3 is 9.84 Å². The highest BCUT2D eigenvalue weighted by Crippen LogP contribution is 2.32. The third-order valence-corrected chi connectivity index (χ3v) is 3.01. The van der Waals surface area contributed by atoms with E-state index in [2.05, 4.69) is 9.72 Å². The normalized spacial score (nSPS) is 11.6. The Morgan fingerprint density at radius 3 is 2.43 bits per heavy atom. The smallest absolute Gasteiger partial charge is 0.436 e. The Bertz CT molecular complexity index is 835. The molecule has 2 rings (SSSR count). The van der Waals surface area contributed by atoms with Gasteiger partial charge in [-0.1, -0.05) is 11.6 Å². The number of aromatic nitrogens is 2. The molecule has 0 saturated carbocycles. The van der Waals surface area contributed by atoms with Crippen LogP contribution in [0.25, 0.3) is 5.69 Å². The van der Waals surface area contributed by atoms with Crippen molar-refractivity contribution in [1.29, 1.82) is 0 Å². The van der Waals surface area contributed by atoms with Gasteiger partial charge in [0.15, 0.2) is 5.69 Å². The summed E-state index contributed by atoms with van der Waals surface area (Å²) in [6, 6.07) is 0.188. The van der Waals surface area contributed by atoms with Crippen LogP contribution in [0.2, 0.25) is 5.02 Å². The molecule has 1 aromatic heterocycles. The van der Waals surface area contributed by atoms with E-state index in [0.717, 1.165) is 7.11 Å². The molecule has 0 spiro atoms. The molecule has 0 saturated heterocycles. The summed E-state index contributed by atoms with van der Waals surface area (Å²) in [4.78, 5) is 14.7. The third kappa shape index (κ3) is 2.93. The fourth-order valence-electron chi connectivity index (χ4n) is 1.72. The molecular weight excluding hydrogens is 351 g/mol. The second-order valence-corrected chi connectivity index (χ2v) is 4.56. The Balaban J connectivity index is 2.87. The average molecular weight is 357 g/mol. The van der Waals surface area contributed by atoms with Crippen LogP contribution in [0.15, 0.2) is 16.9 Å². The van der Waals surface area contributed by atoms with Gasteiger partial charge in [0, 0.05) is 6.07 Å². The van der Waals surface area contributed by atoms with E-state index in [1.165, 1.54) is 0 Å². The van der Waals surface area contributed by atoms with Gasteiger partial charge in [-0.25, -0.2) is 8.96 Å². The standard InChI is InChI=1S/C12H6ClF5N2O3/c1-23-11-19-9(12(16,17)18)8(15)10(22)20(11)6-3-7(21)4(13)2-5(6)14/h2-3,21H,1H3. The number of hydrogen-bond donors (Lipinski definition) is 1. The first-order valence-corrected chi connectivity index (χ1v) is 6.07. The molecule has 124 valence electrons. The Kier molecular flexibility index (Phi) is 4.20. The lowest BCUT2D eigenvalue weighted by molar-refractivity contribution is -0.144. The van der Waals surface area contributed by atoms with Crippen LogP contribution in [0.5, 0.6) is 11.8 Å². The van der Waals surface area contributed by atoms with Gasteiger partial charge in [0.1, 0.15) is 11.6 Å². The van der Waals surface area contributed by atoms with Crippen LogP contribution in [0.3, 0.4) is 0 Å². The largest absolute Gasteiger partial charge is 0.506 e. The van der Waals surface area contributed by atoms with Crippen molar-refractivity contribution >= 4 is 11.6 Å². The molecule has 0 fully saturated rings. The number of alkyl halides is 3. The number of aromatic hydroxyl groups is 1. The number of rotatable bonds is 2. The second-order valence-electron chi connectivity index (χ2n) is 4.15. The summed E-state index contributed by atoms with van der Waals surface area (Å²) in [5.41, 5.74) is -4.74. The zero-order chi connectivity index (χ0) is 17.5. The van der Waals surface area contributed by atoms with Crippen LogP contribution in [0.4, 0.5) is 22.0 Å². The first-order chi connectivity index (χ1) is 10.6. The molecule has 0 radical (unpaired) electrons. The van der Waals surface area contributed by atoms with Crippen LogP contribution in [-0.2, 0) is 6.18 Å². The topological polar surface area (TPSA) is 64.3 Å². The van der Waals surface area contributed by atoms with Crippen LogP contribution >= 0.6 is 11.6 Å². The van der Waals surface area contributed by atoms with Crippen LogP contribution in [0, 0.1) is 11.6 Å². The van der Waals surface area contributed by atoms with E-state index in [1.807, 2.05) is 0 Å². The SMILES string of the molecule is COc1nc(C(F)(F)F)c(F)c(=O)n1-c1cc(O)c(Cl)cc1F. The lowest BCUT2D eigenvalue weighted by Gasteiger charge is -2.15. The molecule has 23 heavy (non-hydrogen) atoms. The molecule has 1 heterocycles. The maximum absolute atomic E-state index is 13.9. The van der Waals surface area contributed by atoms with Gasteiger partial charge in [-0.3, -0.25) is 4.79 Å². The fourth-order valence-corrected chi connectivity index (χ4v) is 1.87. The maximum Gasteiger partial charge on any atom is 0.436 e. The summed E-state index contributed by atoms with van der Waals surface area (Å²) in [5.74, 6) is -4.14. The molecule has 0 bridgehead atoms. The Morgan fingerprint density at radius 2 is 1.91 bits per heavy atom. The third-order valence-electron chi connectivity index (χ3n) is 2.71. The summed E-state index contributed by atoms with van der Waals surface area (Å²) >= 11 is 5.46. The molecule has 11 heteroatoms. The molecule has 5 nitrogen and oxygen atoms in total. The molecule has 1 N–H and O–H groups in total. The van der Waals surface area contributed by atoms with Crippen molar-refractivity contribution in [3.8, 4) is 17.4 Å². The number of phenolic OH excluding ortho intramolecular Hbond substituents is 1. The summed E-state index contributed by atoms with van der Waals surface area (Å²) < 4.78 is 70.1. The number of phenols is 1. The van der Waals surface area contributed by atoms with E-state index in [4.69, 9.17) is 11.6 Å². The summed E-state index contributed by atoms with van der Waals surface area (Å²) in [6.45, 7) is 0. The Hall–Kier alpha value is -2.36. The molecule has 0 aliphatic carbocycles. The molecule has 0 amide bonds. The van der Waals surface area contributed by atoms with Crippen LogP contribution in [-0.4, -0.2) is 21.8 Å². The minimum atomic E-state index is -5.25.